The molecule has 0 spiro atoms. The first-order valence-corrected chi connectivity index (χ1v) is 11.8. The summed E-state index contributed by atoms with van der Waals surface area (Å²) < 4.78 is 26.6. The molecule has 0 fully saturated rings. The van der Waals surface area contributed by atoms with Crippen LogP contribution in [0.1, 0.15) is 19.4 Å². The van der Waals surface area contributed by atoms with Gasteiger partial charge in [0.05, 0.1) is 16.6 Å². The minimum absolute atomic E-state index is 0.0370. The van der Waals surface area contributed by atoms with Crippen LogP contribution < -0.4 is 0 Å². The van der Waals surface area contributed by atoms with Gasteiger partial charge >= 0.3 is 0 Å². The van der Waals surface area contributed by atoms with Crippen LogP contribution in [0.15, 0.2) is 47.6 Å². The van der Waals surface area contributed by atoms with Crippen molar-refractivity contribution >= 4 is 39.1 Å². The lowest BCUT2D eigenvalue weighted by molar-refractivity contribution is -0.133. The molecular formula is C21H28Cl2N4O3S. The minimum Gasteiger partial charge on any atom is -0.335 e. The van der Waals surface area contributed by atoms with E-state index in [-0.39, 0.29) is 29.4 Å². The maximum absolute atomic E-state index is 13.2. The van der Waals surface area contributed by atoms with Crippen LogP contribution in [0, 0.1) is 0 Å². The average molecular weight is 487 g/mol. The van der Waals surface area contributed by atoms with Crippen molar-refractivity contribution in [2.75, 3.05) is 34.2 Å². The third-order valence-corrected chi connectivity index (χ3v) is 7.73. The van der Waals surface area contributed by atoms with Gasteiger partial charge in [-0.15, -0.1) is 0 Å². The molecule has 0 aliphatic carbocycles. The second-order valence-corrected chi connectivity index (χ2v) is 11.0. The fourth-order valence-electron chi connectivity index (χ4n) is 2.75. The van der Waals surface area contributed by atoms with Gasteiger partial charge in [-0.1, -0.05) is 29.3 Å². The lowest BCUT2D eigenvalue weighted by Gasteiger charge is -2.38. The number of benzene rings is 1. The van der Waals surface area contributed by atoms with Crippen LogP contribution in [0.5, 0.6) is 0 Å². The molecule has 0 saturated carbocycles. The molecule has 31 heavy (non-hydrogen) atoms. The van der Waals surface area contributed by atoms with Crippen molar-refractivity contribution in [2.45, 2.75) is 30.8 Å². The number of rotatable bonds is 9. The quantitative estimate of drug-likeness (QED) is 0.542. The number of sulfonamides is 1. The van der Waals surface area contributed by atoms with Crippen molar-refractivity contribution in [3.8, 4) is 0 Å². The maximum atomic E-state index is 13.2. The van der Waals surface area contributed by atoms with Crippen LogP contribution in [-0.4, -0.2) is 73.2 Å². The molecule has 0 unspecified atom stereocenters. The molecule has 0 radical (unpaired) electrons. The molecule has 1 aromatic carbocycles. The van der Waals surface area contributed by atoms with E-state index in [0.29, 0.717) is 16.6 Å². The number of pyridine rings is 1. The minimum atomic E-state index is -3.84. The fraction of sp³-hybridized carbons (Fsp3) is 0.429. The monoisotopic (exact) mass is 486 g/mol. The van der Waals surface area contributed by atoms with Crippen molar-refractivity contribution < 1.29 is 13.2 Å². The van der Waals surface area contributed by atoms with Crippen molar-refractivity contribution in [3.05, 3.63) is 58.3 Å². The van der Waals surface area contributed by atoms with Crippen molar-refractivity contribution in [1.82, 2.24) is 19.1 Å². The summed E-state index contributed by atoms with van der Waals surface area (Å²) in [4.78, 5) is 20.8. The molecule has 7 nitrogen and oxygen atoms in total. The molecule has 0 atom stereocenters. The van der Waals surface area contributed by atoms with Crippen LogP contribution in [-0.2, 0) is 21.4 Å². The van der Waals surface area contributed by atoms with Crippen molar-refractivity contribution in [3.63, 3.8) is 0 Å². The zero-order valence-corrected chi connectivity index (χ0v) is 20.7. The highest BCUT2D eigenvalue weighted by molar-refractivity contribution is 7.89. The molecule has 0 bridgehead atoms. The van der Waals surface area contributed by atoms with Gasteiger partial charge < -0.3 is 9.80 Å². The molecule has 2 aromatic rings. The molecule has 170 valence electrons. The number of carbonyl (C=O) groups is 1. The Morgan fingerprint density at radius 3 is 2.32 bits per heavy atom. The largest absolute Gasteiger partial charge is 0.335 e. The molecule has 0 aliphatic heterocycles. The molecule has 0 aliphatic rings. The normalized spacial score (nSPS) is 12.4. The SMILES string of the molecule is CN(C)C(C)(C)CN(Cc1ccc(Cl)c(Cl)c1)C(=O)CN(C)S(=O)(=O)c1cccnc1. The van der Waals surface area contributed by atoms with E-state index in [4.69, 9.17) is 23.2 Å². The number of likely N-dealkylation sites (N-methyl/N-ethyl adjacent to an activating group) is 2. The number of halogens is 2. The summed E-state index contributed by atoms with van der Waals surface area (Å²) in [5.74, 6) is -0.323. The van der Waals surface area contributed by atoms with Gasteiger partial charge in [0, 0.05) is 38.1 Å². The summed E-state index contributed by atoms with van der Waals surface area (Å²) in [6.45, 7) is 4.38. The van der Waals surface area contributed by atoms with Gasteiger partial charge in [0.1, 0.15) is 4.90 Å². The number of carbonyl (C=O) groups excluding carboxylic acids is 1. The van der Waals surface area contributed by atoms with Gasteiger partial charge in [-0.3, -0.25) is 9.78 Å². The first-order valence-electron chi connectivity index (χ1n) is 9.60. The topological polar surface area (TPSA) is 73.8 Å². The van der Waals surface area contributed by atoms with E-state index in [1.54, 1.807) is 29.2 Å². The number of amides is 1. The maximum Gasteiger partial charge on any atom is 0.244 e. The summed E-state index contributed by atoms with van der Waals surface area (Å²) in [6, 6.07) is 8.18. The molecule has 1 aromatic heterocycles. The highest BCUT2D eigenvalue weighted by atomic mass is 35.5. The number of hydrogen-bond acceptors (Lipinski definition) is 5. The highest BCUT2D eigenvalue weighted by Crippen LogP contribution is 2.24. The highest BCUT2D eigenvalue weighted by Gasteiger charge is 2.30. The molecule has 1 amide bonds. The predicted octanol–water partition coefficient (Wildman–Crippen LogP) is 3.38. The first kappa shape index (κ1) is 25.5. The smallest absolute Gasteiger partial charge is 0.244 e. The summed E-state index contributed by atoms with van der Waals surface area (Å²) in [5, 5.41) is 0.828. The third-order valence-electron chi connectivity index (χ3n) is 5.20. The summed E-state index contributed by atoms with van der Waals surface area (Å²) in [6.07, 6.45) is 2.76. The zero-order valence-electron chi connectivity index (χ0n) is 18.3. The first-order chi connectivity index (χ1) is 14.3. The summed E-state index contributed by atoms with van der Waals surface area (Å²) >= 11 is 12.1. The zero-order chi connectivity index (χ0) is 23.4. The van der Waals surface area contributed by atoms with E-state index in [1.165, 1.54) is 25.5 Å². The molecular weight excluding hydrogens is 459 g/mol. The third kappa shape index (κ3) is 6.63. The Bertz CT molecular complexity index is 1010. The number of aromatic nitrogens is 1. The molecule has 2 rings (SSSR count). The molecule has 0 saturated heterocycles. The van der Waals surface area contributed by atoms with Crippen LogP contribution in [0.4, 0.5) is 0 Å². The number of nitrogens with zero attached hydrogens (tertiary/aromatic N) is 4. The van der Waals surface area contributed by atoms with Crippen molar-refractivity contribution in [1.29, 1.82) is 0 Å². The summed E-state index contributed by atoms with van der Waals surface area (Å²) in [7, 11) is 1.41. The van der Waals surface area contributed by atoms with E-state index in [1.807, 2.05) is 32.8 Å². The average Bonchev–Trinajstić information content (AvgIpc) is 2.70. The van der Waals surface area contributed by atoms with Gasteiger partial charge in [0.2, 0.25) is 15.9 Å². The Morgan fingerprint density at radius 1 is 1.10 bits per heavy atom. The summed E-state index contributed by atoms with van der Waals surface area (Å²) in [5.41, 5.74) is 0.460. The Hall–Kier alpha value is -1.71. The Balaban J connectivity index is 2.27. The molecule has 1 heterocycles. The van der Waals surface area contributed by atoms with Crippen LogP contribution in [0.2, 0.25) is 10.0 Å². The van der Waals surface area contributed by atoms with Crippen LogP contribution in [0.3, 0.4) is 0 Å². The van der Waals surface area contributed by atoms with E-state index >= 15 is 0 Å². The lowest BCUT2D eigenvalue weighted by atomic mass is 10.0. The van der Waals surface area contributed by atoms with E-state index < -0.39 is 10.0 Å². The van der Waals surface area contributed by atoms with E-state index in [0.717, 1.165) is 9.87 Å². The van der Waals surface area contributed by atoms with Gasteiger partial charge in [-0.05, 0) is 57.8 Å². The predicted molar refractivity (Wildman–Crippen MR) is 124 cm³/mol. The van der Waals surface area contributed by atoms with Gasteiger partial charge in [-0.25, -0.2) is 8.42 Å². The molecule has 10 heteroatoms. The van der Waals surface area contributed by atoms with Gasteiger partial charge in [-0.2, -0.15) is 4.31 Å². The van der Waals surface area contributed by atoms with E-state index in [9.17, 15) is 13.2 Å². The van der Waals surface area contributed by atoms with Crippen LogP contribution >= 0.6 is 23.2 Å². The number of hydrogen-bond donors (Lipinski definition) is 0. The van der Waals surface area contributed by atoms with Crippen LogP contribution in [0.25, 0.3) is 0 Å². The second kappa shape index (κ2) is 10.3. The fourth-order valence-corrected chi connectivity index (χ4v) is 4.16. The lowest BCUT2D eigenvalue weighted by Crippen LogP contribution is -2.51. The van der Waals surface area contributed by atoms with Crippen molar-refractivity contribution in [2.24, 2.45) is 0 Å². The Kier molecular flexibility index (Phi) is 8.47. The standard InChI is InChI=1S/C21H28Cl2N4O3S/c1-21(2,25(3)4)15-27(13-16-8-9-18(22)19(23)11-16)20(28)14-26(5)31(29,30)17-7-6-10-24-12-17/h6-12H,13-15H2,1-5H3. The molecule has 0 N–H and O–H groups in total. The Morgan fingerprint density at radius 2 is 1.77 bits per heavy atom. The Labute approximate surface area is 194 Å². The van der Waals surface area contributed by atoms with E-state index in [2.05, 4.69) is 4.98 Å². The second-order valence-electron chi connectivity index (χ2n) is 8.15. The van der Waals surface area contributed by atoms with Gasteiger partial charge in [0.15, 0.2) is 0 Å². The van der Waals surface area contributed by atoms with Gasteiger partial charge in [0.25, 0.3) is 0 Å².